The zero-order valence-corrected chi connectivity index (χ0v) is 11.2. The molecule has 2 aromatic heterocycles. The summed E-state index contributed by atoms with van der Waals surface area (Å²) in [7, 11) is 0. The molecule has 78 valence electrons. The van der Waals surface area contributed by atoms with E-state index < -0.39 is 0 Å². The molecule has 0 amide bonds. The Morgan fingerprint density at radius 2 is 2.33 bits per heavy atom. The van der Waals surface area contributed by atoms with Crippen LogP contribution >= 0.6 is 33.9 Å². The third-order valence-corrected chi connectivity index (χ3v) is 3.78. The molecule has 0 atom stereocenters. The smallest absolute Gasteiger partial charge is 0.143 e. The molecule has 0 spiro atoms. The van der Waals surface area contributed by atoms with Crippen molar-refractivity contribution in [3.8, 4) is 0 Å². The highest BCUT2D eigenvalue weighted by Gasteiger charge is 2.02. The largest absolute Gasteiger partial charge is 0.365 e. The number of aryl methyl sites for hydroxylation is 1. The zero-order chi connectivity index (χ0) is 10.7. The van der Waals surface area contributed by atoms with Gasteiger partial charge in [0.25, 0.3) is 0 Å². The Labute approximate surface area is 106 Å². The minimum atomic E-state index is 0.822. The van der Waals surface area contributed by atoms with Crippen molar-refractivity contribution in [2.45, 2.75) is 13.5 Å². The summed E-state index contributed by atoms with van der Waals surface area (Å²) < 4.78 is 1.04. The Morgan fingerprint density at radius 3 is 3.00 bits per heavy atom. The third-order valence-electron chi connectivity index (χ3n) is 2.08. The Kier molecular flexibility index (Phi) is 3.53. The number of nitrogens with one attached hydrogen (secondary N) is 1. The van der Waals surface area contributed by atoms with E-state index in [2.05, 4.69) is 55.6 Å². The van der Waals surface area contributed by atoms with E-state index >= 15 is 0 Å². The molecule has 5 heteroatoms. The summed E-state index contributed by atoms with van der Waals surface area (Å²) in [5.41, 5.74) is 2.66. The molecule has 0 aliphatic carbocycles. The van der Waals surface area contributed by atoms with Crippen LogP contribution in [0.25, 0.3) is 0 Å². The van der Waals surface area contributed by atoms with Crippen LogP contribution in [0.2, 0.25) is 0 Å². The Balaban J connectivity index is 2.06. The van der Waals surface area contributed by atoms with Gasteiger partial charge < -0.3 is 5.32 Å². The molecule has 0 unspecified atom stereocenters. The van der Waals surface area contributed by atoms with Gasteiger partial charge in [-0.05, 0) is 51.4 Å². The lowest BCUT2D eigenvalue weighted by Gasteiger charge is -2.06. The van der Waals surface area contributed by atoms with E-state index in [9.17, 15) is 0 Å². The second-order valence-corrected chi connectivity index (χ2v) is 5.06. The van der Waals surface area contributed by atoms with E-state index in [0.717, 1.165) is 15.9 Å². The molecule has 2 rings (SSSR count). The van der Waals surface area contributed by atoms with Gasteiger partial charge in [-0.1, -0.05) is 0 Å². The average Bonchev–Trinajstić information content (AvgIpc) is 2.63. The highest BCUT2D eigenvalue weighted by molar-refractivity contribution is 14.1. The summed E-state index contributed by atoms with van der Waals surface area (Å²) >= 11 is 3.96. The summed E-state index contributed by atoms with van der Waals surface area (Å²) in [5.74, 6) is 0.899. The number of aromatic nitrogens is 2. The van der Waals surface area contributed by atoms with Crippen LogP contribution in [0.1, 0.15) is 11.1 Å². The summed E-state index contributed by atoms with van der Waals surface area (Å²) in [6.45, 7) is 2.95. The molecule has 0 saturated heterocycles. The fraction of sp³-hybridized carbons (Fsp3) is 0.200. The van der Waals surface area contributed by atoms with E-state index in [1.807, 2.05) is 0 Å². The SMILES string of the molecule is Cc1cscc1CNc1ncncc1I. The lowest BCUT2D eigenvalue weighted by Crippen LogP contribution is -2.03. The van der Waals surface area contributed by atoms with Crippen molar-refractivity contribution in [2.75, 3.05) is 5.32 Å². The summed E-state index contributed by atoms with van der Waals surface area (Å²) in [5, 5.41) is 7.62. The van der Waals surface area contributed by atoms with Crippen LogP contribution in [0.3, 0.4) is 0 Å². The minimum absolute atomic E-state index is 0.822. The number of anilines is 1. The molecule has 2 heterocycles. The molecule has 1 N–H and O–H groups in total. The van der Waals surface area contributed by atoms with E-state index in [4.69, 9.17) is 0 Å². The molecule has 0 fully saturated rings. The van der Waals surface area contributed by atoms with E-state index in [0.29, 0.717) is 0 Å². The first-order valence-corrected chi connectivity index (χ1v) is 6.50. The Bertz CT molecular complexity index is 455. The van der Waals surface area contributed by atoms with E-state index in [1.54, 1.807) is 23.9 Å². The van der Waals surface area contributed by atoms with Crippen molar-refractivity contribution >= 4 is 39.7 Å². The number of halogens is 1. The fourth-order valence-electron chi connectivity index (χ4n) is 1.19. The molecule has 0 radical (unpaired) electrons. The van der Waals surface area contributed by atoms with Crippen LogP contribution in [0, 0.1) is 10.5 Å². The molecule has 0 saturated carbocycles. The highest BCUT2D eigenvalue weighted by atomic mass is 127. The summed E-state index contributed by atoms with van der Waals surface area (Å²) in [4.78, 5) is 8.13. The van der Waals surface area contributed by atoms with Crippen LogP contribution in [0.5, 0.6) is 0 Å². The van der Waals surface area contributed by atoms with Crippen LogP contribution in [-0.4, -0.2) is 9.97 Å². The first-order valence-electron chi connectivity index (χ1n) is 4.48. The van der Waals surface area contributed by atoms with Gasteiger partial charge in [-0.15, -0.1) is 0 Å². The third kappa shape index (κ3) is 2.66. The van der Waals surface area contributed by atoms with Gasteiger partial charge in [-0.2, -0.15) is 11.3 Å². The van der Waals surface area contributed by atoms with Crippen molar-refractivity contribution in [3.63, 3.8) is 0 Å². The van der Waals surface area contributed by atoms with Gasteiger partial charge in [0.05, 0.1) is 3.57 Å². The lowest BCUT2D eigenvalue weighted by molar-refractivity contribution is 1.07. The number of rotatable bonds is 3. The Hall–Kier alpha value is -0.690. The summed E-state index contributed by atoms with van der Waals surface area (Å²) in [6, 6.07) is 0. The number of hydrogen-bond donors (Lipinski definition) is 1. The number of hydrogen-bond acceptors (Lipinski definition) is 4. The molecule has 0 aromatic carbocycles. The van der Waals surface area contributed by atoms with Gasteiger partial charge in [0, 0.05) is 12.7 Å². The number of nitrogens with zero attached hydrogens (tertiary/aromatic N) is 2. The van der Waals surface area contributed by atoms with Crippen molar-refractivity contribution in [3.05, 3.63) is 38.0 Å². The van der Waals surface area contributed by atoms with Gasteiger partial charge >= 0.3 is 0 Å². The van der Waals surface area contributed by atoms with Gasteiger partial charge in [0.2, 0.25) is 0 Å². The minimum Gasteiger partial charge on any atom is -0.365 e. The molecular weight excluding hydrogens is 321 g/mol. The molecule has 0 aliphatic rings. The molecule has 2 aromatic rings. The summed E-state index contributed by atoms with van der Waals surface area (Å²) in [6.07, 6.45) is 3.36. The molecule has 3 nitrogen and oxygen atoms in total. The lowest BCUT2D eigenvalue weighted by atomic mass is 10.2. The van der Waals surface area contributed by atoms with Crippen LogP contribution in [0.15, 0.2) is 23.3 Å². The van der Waals surface area contributed by atoms with E-state index in [1.165, 1.54) is 11.1 Å². The van der Waals surface area contributed by atoms with Crippen molar-refractivity contribution < 1.29 is 0 Å². The van der Waals surface area contributed by atoms with Crippen molar-refractivity contribution in [1.82, 2.24) is 9.97 Å². The van der Waals surface area contributed by atoms with Gasteiger partial charge in [0.1, 0.15) is 12.1 Å². The van der Waals surface area contributed by atoms with Crippen LogP contribution < -0.4 is 5.32 Å². The Morgan fingerprint density at radius 1 is 1.47 bits per heavy atom. The van der Waals surface area contributed by atoms with Gasteiger partial charge in [0.15, 0.2) is 0 Å². The second-order valence-electron chi connectivity index (χ2n) is 3.15. The van der Waals surface area contributed by atoms with Gasteiger partial charge in [-0.3, -0.25) is 0 Å². The van der Waals surface area contributed by atoms with Crippen LogP contribution in [-0.2, 0) is 6.54 Å². The standard InChI is InChI=1S/C10H10IN3S/c1-7-4-15-5-8(7)2-13-10-9(11)3-12-6-14-10/h3-6H,2H2,1H3,(H,12,13,14). The first kappa shape index (κ1) is 10.8. The van der Waals surface area contributed by atoms with Crippen molar-refractivity contribution in [2.24, 2.45) is 0 Å². The second kappa shape index (κ2) is 4.89. The predicted molar refractivity (Wildman–Crippen MR) is 71.1 cm³/mol. The quantitative estimate of drug-likeness (QED) is 0.879. The first-order chi connectivity index (χ1) is 7.27. The monoisotopic (exact) mass is 331 g/mol. The van der Waals surface area contributed by atoms with Crippen LogP contribution in [0.4, 0.5) is 5.82 Å². The number of thiophene rings is 1. The average molecular weight is 331 g/mol. The topological polar surface area (TPSA) is 37.8 Å². The maximum absolute atomic E-state index is 4.18. The highest BCUT2D eigenvalue weighted by Crippen LogP contribution is 2.17. The van der Waals surface area contributed by atoms with Gasteiger partial charge in [-0.25, -0.2) is 9.97 Å². The van der Waals surface area contributed by atoms with E-state index in [-0.39, 0.29) is 0 Å². The maximum atomic E-state index is 4.18. The molecule has 0 aliphatic heterocycles. The molecule has 15 heavy (non-hydrogen) atoms. The fourth-order valence-corrected chi connectivity index (χ4v) is 2.54. The molecule has 0 bridgehead atoms. The maximum Gasteiger partial charge on any atom is 0.143 e. The predicted octanol–water partition coefficient (Wildman–Crippen LogP) is 3.06. The molecular formula is C10H10IN3S. The normalized spacial score (nSPS) is 10.3. The zero-order valence-electron chi connectivity index (χ0n) is 8.20. The van der Waals surface area contributed by atoms with Crippen molar-refractivity contribution in [1.29, 1.82) is 0 Å².